The van der Waals surface area contributed by atoms with Gasteiger partial charge in [0.2, 0.25) is 0 Å². The minimum atomic E-state index is -3.16. The molecule has 5 heteroatoms. The number of hydrogen-bond donors (Lipinski definition) is 0. The van der Waals surface area contributed by atoms with E-state index in [2.05, 4.69) is 18.6 Å². The molecule has 0 bridgehead atoms. The van der Waals surface area contributed by atoms with Crippen LogP contribution in [-0.4, -0.2) is 32.5 Å². The fourth-order valence-electron chi connectivity index (χ4n) is 1.34. The van der Waals surface area contributed by atoms with Gasteiger partial charge in [0.1, 0.15) is 0 Å². The Morgan fingerprint density at radius 3 is 2.25 bits per heavy atom. The Balaban J connectivity index is 4.16. The third-order valence-electron chi connectivity index (χ3n) is 2.51. The summed E-state index contributed by atoms with van der Waals surface area (Å²) >= 11 is 0. The van der Waals surface area contributed by atoms with Crippen molar-refractivity contribution >= 4 is 15.8 Å². The van der Waals surface area contributed by atoms with E-state index >= 15 is 0 Å². The first-order valence-corrected chi connectivity index (χ1v) is 7.29. The van der Waals surface area contributed by atoms with Crippen LogP contribution in [0.4, 0.5) is 0 Å². The van der Waals surface area contributed by atoms with Gasteiger partial charge in [0.25, 0.3) is 0 Å². The number of methoxy groups -OCH3 is 1. The lowest BCUT2D eigenvalue weighted by molar-refractivity contribution is -0.140. The summed E-state index contributed by atoms with van der Waals surface area (Å²) in [6, 6.07) is 0. The summed E-state index contributed by atoms with van der Waals surface area (Å²) in [6.45, 7) is 5.68. The van der Waals surface area contributed by atoms with E-state index in [1.165, 1.54) is 7.11 Å². The number of ether oxygens (including phenoxy) is 1. The summed E-state index contributed by atoms with van der Waals surface area (Å²) in [5, 5.41) is -0.646. The molecule has 0 aliphatic heterocycles. The predicted molar refractivity (Wildman–Crippen MR) is 64.0 cm³/mol. The molecule has 96 valence electrons. The van der Waals surface area contributed by atoms with Gasteiger partial charge in [-0.15, -0.1) is 0 Å². The topological polar surface area (TPSA) is 60.4 Å². The Morgan fingerprint density at radius 2 is 1.81 bits per heavy atom. The Hall–Kier alpha value is -0.580. The molecule has 0 saturated carbocycles. The lowest BCUT2D eigenvalue weighted by atomic mass is 10.1. The van der Waals surface area contributed by atoms with Gasteiger partial charge in [-0.25, -0.2) is 8.42 Å². The predicted octanol–water partition coefficient (Wildman–Crippen LogP) is 1.79. The molecular weight excluding hydrogens is 228 g/mol. The van der Waals surface area contributed by atoms with Gasteiger partial charge in [-0.3, -0.25) is 4.79 Å². The highest BCUT2D eigenvalue weighted by Gasteiger charge is 2.23. The first-order chi connectivity index (χ1) is 7.29. The Labute approximate surface area is 98.3 Å². The molecule has 0 aliphatic carbocycles. The van der Waals surface area contributed by atoms with Gasteiger partial charge in [0.15, 0.2) is 9.84 Å². The van der Waals surface area contributed by atoms with Gasteiger partial charge in [0.05, 0.1) is 24.5 Å². The van der Waals surface area contributed by atoms with E-state index in [9.17, 15) is 13.2 Å². The molecule has 0 aliphatic rings. The monoisotopic (exact) mass is 250 g/mol. The molecule has 0 radical (unpaired) electrons. The smallest absolute Gasteiger partial charge is 0.306 e. The van der Waals surface area contributed by atoms with Crippen molar-refractivity contribution in [3.63, 3.8) is 0 Å². The largest absolute Gasteiger partial charge is 0.469 e. The highest BCUT2D eigenvalue weighted by Crippen LogP contribution is 2.12. The van der Waals surface area contributed by atoms with Crippen molar-refractivity contribution in [3.05, 3.63) is 0 Å². The molecule has 4 nitrogen and oxygen atoms in total. The zero-order chi connectivity index (χ0) is 12.8. The molecule has 0 aromatic carbocycles. The van der Waals surface area contributed by atoms with Crippen LogP contribution in [0, 0.1) is 5.92 Å². The summed E-state index contributed by atoms with van der Waals surface area (Å²) < 4.78 is 28.0. The zero-order valence-electron chi connectivity index (χ0n) is 10.5. The molecule has 0 amide bonds. The molecule has 1 atom stereocenters. The van der Waals surface area contributed by atoms with E-state index in [1.54, 1.807) is 6.92 Å². The van der Waals surface area contributed by atoms with Crippen molar-refractivity contribution in [2.24, 2.45) is 5.92 Å². The molecule has 0 saturated heterocycles. The molecule has 0 aromatic heterocycles. The number of carbonyl (C=O) groups excluding carboxylic acids is 1. The molecule has 0 heterocycles. The van der Waals surface area contributed by atoms with Crippen molar-refractivity contribution in [2.75, 3.05) is 12.9 Å². The molecule has 16 heavy (non-hydrogen) atoms. The van der Waals surface area contributed by atoms with Crippen molar-refractivity contribution in [3.8, 4) is 0 Å². The van der Waals surface area contributed by atoms with Gasteiger partial charge in [-0.2, -0.15) is 0 Å². The van der Waals surface area contributed by atoms with Gasteiger partial charge >= 0.3 is 5.97 Å². The molecule has 0 spiro atoms. The quantitative estimate of drug-likeness (QED) is 0.646. The second kappa shape index (κ2) is 6.89. The highest BCUT2D eigenvalue weighted by molar-refractivity contribution is 7.92. The van der Waals surface area contributed by atoms with Crippen molar-refractivity contribution in [1.82, 2.24) is 0 Å². The van der Waals surface area contributed by atoms with Crippen LogP contribution in [0.25, 0.3) is 0 Å². The van der Waals surface area contributed by atoms with Crippen LogP contribution < -0.4 is 0 Å². The van der Waals surface area contributed by atoms with Gasteiger partial charge in [-0.1, -0.05) is 20.3 Å². The van der Waals surface area contributed by atoms with E-state index in [4.69, 9.17) is 0 Å². The summed E-state index contributed by atoms with van der Waals surface area (Å²) in [4.78, 5) is 11.0. The number of carbonyl (C=O) groups is 1. The van der Waals surface area contributed by atoms with E-state index in [1.807, 2.05) is 0 Å². The third kappa shape index (κ3) is 6.10. The maximum absolute atomic E-state index is 11.8. The Kier molecular flexibility index (Phi) is 6.64. The first-order valence-electron chi connectivity index (χ1n) is 5.58. The second-order valence-corrected chi connectivity index (χ2v) is 7.03. The van der Waals surface area contributed by atoms with Crippen LogP contribution in [0.5, 0.6) is 0 Å². The summed E-state index contributed by atoms with van der Waals surface area (Å²) in [5.41, 5.74) is 0. The molecule has 1 unspecified atom stereocenters. The minimum Gasteiger partial charge on any atom is -0.469 e. The zero-order valence-corrected chi connectivity index (χ0v) is 11.3. The van der Waals surface area contributed by atoms with Crippen LogP contribution >= 0.6 is 0 Å². The summed E-state index contributed by atoms with van der Waals surface area (Å²) in [5.74, 6) is 0.189. The van der Waals surface area contributed by atoms with Crippen LogP contribution in [0.3, 0.4) is 0 Å². The molecule has 0 aromatic rings. The second-order valence-electron chi connectivity index (χ2n) is 4.49. The van der Waals surface area contributed by atoms with Crippen LogP contribution in [-0.2, 0) is 19.4 Å². The highest BCUT2D eigenvalue weighted by atomic mass is 32.2. The van der Waals surface area contributed by atoms with Gasteiger partial charge in [0, 0.05) is 0 Å². The van der Waals surface area contributed by atoms with Gasteiger partial charge in [-0.05, 0) is 19.3 Å². The third-order valence-corrected chi connectivity index (χ3v) is 4.76. The standard InChI is InChI=1S/C11H22O4S/c1-9(2)6-5-7-16(13,14)10(3)8-11(12)15-4/h9-10H,5-8H2,1-4H3. The number of hydrogen-bond acceptors (Lipinski definition) is 4. The molecule has 0 fully saturated rings. The van der Waals surface area contributed by atoms with Crippen molar-refractivity contribution in [1.29, 1.82) is 0 Å². The maximum atomic E-state index is 11.8. The molecular formula is C11H22O4S. The Bertz CT molecular complexity index is 306. The fourth-order valence-corrected chi connectivity index (χ4v) is 2.70. The normalized spacial score (nSPS) is 13.8. The molecule has 0 N–H and O–H groups in total. The lowest BCUT2D eigenvalue weighted by Gasteiger charge is -2.12. The number of esters is 1. The fraction of sp³-hybridized carbons (Fsp3) is 0.909. The van der Waals surface area contributed by atoms with Crippen LogP contribution in [0.15, 0.2) is 0 Å². The summed E-state index contributed by atoms with van der Waals surface area (Å²) in [6.07, 6.45) is 1.50. The average molecular weight is 250 g/mol. The Morgan fingerprint density at radius 1 is 1.25 bits per heavy atom. The van der Waals surface area contributed by atoms with Crippen LogP contribution in [0.2, 0.25) is 0 Å². The summed E-state index contributed by atoms with van der Waals surface area (Å²) in [7, 11) is -1.90. The van der Waals surface area contributed by atoms with E-state index in [-0.39, 0.29) is 12.2 Å². The van der Waals surface area contributed by atoms with Crippen molar-refractivity contribution in [2.45, 2.75) is 45.3 Å². The molecule has 0 rings (SSSR count). The van der Waals surface area contributed by atoms with Gasteiger partial charge < -0.3 is 4.74 Å². The SMILES string of the molecule is COC(=O)CC(C)S(=O)(=O)CCCC(C)C. The van der Waals surface area contributed by atoms with Crippen LogP contribution in [0.1, 0.15) is 40.0 Å². The average Bonchev–Trinajstić information content (AvgIpc) is 2.16. The lowest BCUT2D eigenvalue weighted by Crippen LogP contribution is -2.24. The van der Waals surface area contributed by atoms with E-state index in [0.29, 0.717) is 12.3 Å². The van der Waals surface area contributed by atoms with E-state index in [0.717, 1.165) is 6.42 Å². The minimum absolute atomic E-state index is 0.0550. The number of sulfone groups is 1. The number of rotatable bonds is 7. The van der Waals surface area contributed by atoms with Crippen molar-refractivity contribution < 1.29 is 17.9 Å². The maximum Gasteiger partial charge on any atom is 0.306 e. The van der Waals surface area contributed by atoms with E-state index < -0.39 is 21.1 Å². The first kappa shape index (κ1) is 15.4.